The second kappa shape index (κ2) is 8.30. The van der Waals surface area contributed by atoms with Gasteiger partial charge in [-0.25, -0.2) is 9.97 Å². The molecule has 5 rings (SSSR count). The molecule has 1 N–H and O–H groups in total. The molecule has 0 bridgehead atoms. The number of alkyl halides is 3. The number of aryl methyl sites for hydroxylation is 1. The number of fused-ring (bicyclic) bond motifs is 5. The summed E-state index contributed by atoms with van der Waals surface area (Å²) in [4.78, 5) is 24.7. The average molecular weight is 467 g/mol. The molecule has 1 fully saturated rings. The second-order valence-electron chi connectivity index (χ2n) is 8.74. The van der Waals surface area contributed by atoms with E-state index in [0.29, 0.717) is 25.2 Å². The lowest BCUT2D eigenvalue weighted by Gasteiger charge is -2.41. The number of anilines is 3. The van der Waals surface area contributed by atoms with Crippen molar-refractivity contribution in [3.8, 4) is 11.4 Å². The van der Waals surface area contributed by atoms with Crippen LogP contribution in [0.3, 0.4) is 0 Å². The molecule has 2 aromatic carbocycles. The van der Waals surface area contributed by atoms with Crippen LogP contribution in [0.1, 0.15) is 30.0 Å². The molecule has 3 heterocycles. The first-order valence-corrected chi connectivity index (χ1v) is 11.1. The van der Waals surface area contributed by atoms with E-state index in [-0.39, 0.29) is 6.04 Å². The van der Waals surface area contributed by atoms with Crippen LogP contribution in [0.2, 0.25) is 0 Å². The average Bonchev–Trinajstić information content (AvgIpc) is 2.92. The van der Waals surface area contributed by atoms with Crippen molar-refractivity contribution in [2.45, 2.75) is 38.0 Å². The quantitative estimate of drug-likeness (QED) is 0.580. The van der Waals surface area contributed by atoms with Crippen LogP contribution in [-0.2, 0) is 4.79 Å². The molecule has 0 unspecified atom stereocenters. The van der Waals surface area contributed by atoms with Crippen molar-refractivity contribution in [3.63, 3.8) is 0 Å². The zero-order chi connectivity index (χ0) is 24.0. The van der Waals surface area contributed by atoms with Crippen molar-refractivity contribution < 1.29 is 18.0 Å². The van der Waals surface area contributed by atoms with Gasteiger partial charge in [0.25, 0.3) is 0 Å². The van der Waals surface area contributed by atoms with Crippen LogP contribution in [0.15, 0.2) is 54.9 Å². The summed E-state index contributed by atoms with van der Waals surface area (Å²) < 4.78 is 38.7. The Bertz CT molecular complexity index is 1230. The first-order chi connectivity index (χ1) is 16.2. The van der Waals surface area contributed by atoms with E-state index >= 15 is 0 Å². The van der Waals surface area contributed by atoms with Crippen molar-refractivity contribution >= 4 is 23.0 Å². The van der Waals surface area contributed by atoms with Gasteiger partial charge in [0.15, 0.2) is 5.82 Å². The van der Waals surface area contributed by atoms with Crippen LogP contribution in [0.25, 0.3) is 11.4 Å². The Morgan fingerprint density at radius 3 is 2.56 bits per heavy atom. The van der Waals surface area contributed by atoms with E-state index in [1.807, 2.05) is 44.3 Å². The van der Waals surface area contributed by atoms with Gasteiger partial charge in [-0.05, 0) is 55.7 Å². The summed E-state index contributed by atoms with van der Waals surface area (Å²) in [6.07, 6.45) is -0.682. The molecule has 2 atom stereocenters. The first kappa shape index (κ1) is 22.2. The number of nitrogens with zero attached hydrogens (tertiary/aromatic N) is 4. The lowest BCUT2D eigenvalue weighted by Crippen LogP contribution is -2.49. The maximum absolute atomic E-state index is 12.9. The van der Waals surface area contributed by atoms with Crippen LogP contribution in [0.5, 0.6) is 0 Å². The summed E-state index contributed by atoms with van der Waals surface area (Å²) >= 11 is 0. The Labute approximate surface area is 195 Å². The largest absolute Gasteiger partial charge is 0.471 e. The van der Waals surface area contributed by atoms with E-state index < -0.39 is 18.1 Å². The maximum Gasteiger partial charge on any atom is 0.471 e. The fourth-order valence-electron chi connectivity index (χ4n) is 5.07. The third kappa shape index (κ3) is 3.85. The molecular weight excluding hydrogens is 443 g/mol. The Morgan fingerprint density at radius 2 is 1.82 bits per heavy atom. The predicted molar refractivity (Wildman–Crippen MR) is 124 cm³/mol. The van der Waals surface area contributed by atoms with Gasteiger partial charge in [-0.15, -0.1) is 0 Å². The topological polar surface area (TPSA) is 61.4 Å². The van der Waals surface area contributed by atoms with Gasteiger partial charge in [-0.2, -0.15) is 13.2 Å². The van der Waals surface area contributed by atoms with Gasteiger partial charge in [-0.1, -0.05) is 12.1 Å². The van der Waals surface area contributed by atoms with Crippen molar-refractivity contribution in [1.29, 1.82) is 0 Å². The summed E-state index contributed by atoms with van der Waals surface area (Å²) in [7, 11) is 1.99. The number of aromatic nitrogens is 2. The van der Waals surface area contributed by atoms with Crippen LogP contribution < -0.4 is 15.1 Å². The van der Waals surface area contributed by atoms with E-state index in [1.165, 1.54) is 0 Å². The molecule has 9 heteroatoms. The predicted octanol–water partition coefficient (Wildman–Crippen LogP) is 4.92. The number of nitrogens with one attached hydrogen (secondary N) is 1. The molecule has 0 spiro atoms. The van der Waals surface area contributed by atoms with Gasteiger partial charge in [0.05, 0.1) is 17.4 Å². The molecule has 0 radical (unpaired) electrons. The fraction of sp³-hybridized carbons (Fsp3) is 0.320. The minimum absolute atomic E-state index is 0.175. The summed E-state index contributed by atoms with van der Waals surface area (Å²) in [5.74, 6) is -1.26. The fourth-order valence-corrected chi connectivity index (χ4v) is 5.07. The minimum atomic E-state index is -4.89. The van der Waals surface area contributed by atoms with Gasteiger partial charge >= 0.3 is 12.1 Å². The van der Waals surface area contributed by atoms with Crippen LogP contribution in [0.4, 0.5) is 30.2 Å². The van der Waals surface area contributed by atoms with Crippen LogP contribution in [0, 0.1) is 6.92 Å². The Balaban J connectivity index is 1.58. The third-order valence-corrected chi connectivity index (χ3v) is 6.66. The summed E-state index contributed by atoms with van der Waals surface area (Å²) in [5, 5.41) is 2.21. The lowest BCUT2D eigenvalue weighted by molar-refractivity contribution is -0.174. The zero-order valence-electron chi connectivity index (χ0n) is 18.8. The highest BCUT2D eigenvalue weighted by atomic mass is 19.4. The number of carbonyl (C=O) groups is 1. The number of hydrogen-bond acceptors (Lipinski definition) is 5. The maximum atomic E-state index is 12.9. The molecule has 1 amide bonds. The molecule has 6 nitrogen and oxygen atoms in total. The smallest absolute Gasteiger partial charge is 0.363 e. The van der Waals surface area contributed by atoms with Crippen molar-refractivity contribution in [2.24, 2.45) is 0 Å². The zero-order valence-corrected chi connectivity index (χ0v) is 18.8. The van der Waals surface area contributed by atoms with Crippen molar-refractivity contribution in [1.82, 2.24) is 15.3 Å². The highest BCUT2D eigenvalue weighted by Gasteiger charge is 2.42. The SMILES string of the molecule is Cc1cccc2c1[C@@H]1C[C@@H](NC(=O)C(F)(F)F)CCN1c1ccc(-c3ncccn3)cc1N2C. The van der Waals surface area contributed by atoms with E-state index in [1.54, 1.807) is 18.5 Å². The van der Waals surface area contributed by atoms with Gasteiger partial charge in [0.1, 0.15) is 0 Å². The van der Waals surface area contributed by atoms with Gasteiger partial charge in [0, 0.05) is 48.8 Å². The van der Waals surface area contributed by atoms with Gasteiger partial charge < -0.3 is 15.1 Å². The van der Waals surface area contributed by atoms with Crippen molar-refractivity contribution in [2.75, 3.05) is 23.4 Å². The molecule has 176 valence electrons. The molecule has 3 aromatic rings. The standard InChI is InChI=1S/C25H24F3N5O/c1-15-5-3-6-19-22(15)21-14-17(31-24(34)25(26,27)28)9-12-33(21)18-8-7-16(13-20(18)32(19)2)23-29-10-4-11-30-23/h3-8,10-11,13,17,21H,9,12,14H2,1-2H3,(H,31,34)/t17-,21-/m0/s1. The molecule has 2 aliphatic rings. The lowest BCUT2D eigenvalue weighted by atomic mass is 9.88. The summed E-state index contributed by atoms with van der Waals surface area (Å²) in [6, 6.07) is 13.1. The number of piperidine rings is 1. The number of benzene rings is 2. The van der Waals surface area contributed by atoms with Crippen LogP contribution >= 0.6 is 0 Å². The normalized spacial score (nSPS) is 19.6. The minimum Gasteiger partial charge on any atom is -0.363 e. The molecule has 1 aromatic heterocycles. The molecule has 1 saturated heterocycles. The Morgan fingerprint density at radius 1 is 1.06 bits per heavy atom. The van der Waals surface area contributed by atoms with E-state index in [9.17, 15) is 18.0 Å². The highest BCUT2D eigenvalue weighted by Crippen LogP contribution is 2.49. The van der Waals surface area contributed by atoms with Gasteiger partial charge in [0.2, 0.25) is 0 Å². The number of rotatable bonds is 2. The van der Waals surface area contributed by atoms with Crippen LogP contribution in [-0.4, -0.2) is 41.7 Å². The highest BCUT2D eigenvalue weighted by molar-refractivity contribution is 5.85. The second-order valence-corrected chi connectivity index (χ2v) is 8.74. The van der Waals surface area contributed by atoms with E-state index in [4.69, 9.17) is 0 Å². The van der Waals surface area contributed by atoms with E-state index in [0.717, 1.165) is 33.8 Å². The number of carbonyl (C=O) groups excluding carboxylic acids is 1. The van der Waals surface area contributed by atoms with Crippen molar-refractivity contribution in [3.05, 3.63) is 66.0 Å². The number of hydrogen-bond donors (Lipinski definition) is 1. The van der Waals surface area contributed by atoms with E-state index in [2.05, 4.69) is 31.2 Å². The Kier molecular flexibility index (Phi) is 5.42. The summed E-state index contributed by atoms with van der Waals surface area (Å²) in [5.41, 5.74) is 5.94. The molecular formula is C25H24F3N5O. The third-order valence-electron chi connectivity index (χ3n) is 6.66. The molecule has 0 aliphatic carbocycles. The first-order valence-electron chi connectivity index (χ1n) is 11.1. The molecule has 0 saturated carbocycles. The Hall–Kier alpha value is -3.62. The molecule has 34 heavy (non-hydrogen) atoms. The summed E-state index contributed by atoms with van der Waals surface area (Å²) in [6.45, 7) is 2.53. The number of amides is 1. The number of halogens is 3. The monoisotopic (exact) mass is 467 g/mol. The van der Waals surface area contributed by atoms with Gasteiger partial charge in [-0.3, -0.25) is 4.79 Å². The molecule has 2 aliphatic heterocycles.